The zero-order valence-corrected chi connectivity index (χ0v) is 19.8. The van der Waals surface area contributed by atoms with Crippen LogP contribution >= 0.6 is 35.0 Å². The highest BCUT2D eigenvalue weighted by Crippen LogP contribution is 2.27. The zero-order chi connectivity index (χ0) is 23.0. The van der Waals surface area contributed by atoms with E-state index in [2.05, 4.69) is 28.7 Å². The van der Waals surface area contributed by atoms with E-state index in [4.69, 9.17) is 27.9 Å². The summed E-state index contributed by atoms with van der Waals surface area (Å²) in [6, 6.07) is 26.9. The van der Waals surface area contributed by atoms with Gasteiger partial charge in [0.1, 0.15) is 12.4 Å². The van der Waals surface area contributed by atoms with Crippen LogP contribution in [0.1, 0.15) is 11.1 Å². The Bertz CT molecular complexity index is 1310. The summed E-state index contributed by atoms with van der Waals surface area (Å²) in [5, 5.41) is 7.50. The molecule has 0 aliphatic carbocycles. The normalized spacial score (nSPS) is 11.1. The number of carbonyl (C=O) groups excluding carboxylic acids is 1. The Hall–Kier alpha value is -2.99. The third-order valence-corrected chi connectivity index (χ3v) is 6.48. The minimum Gasteiger partial charge on any atom is -0.488 e. The molecule has 0 fully saturated rings. The van der Waals surface area contributed by atoms with Crippen molar-refractivity contribution in [1.29, 1.82) is 0 Å². The lowest BCUT2D eigenvalue weighted by Crippen LogP contribution is -2.19. The van der Waals surface area contributed by atoms with Gasteiger partial charge in [0.25, 0.3) is 0 Å². The maximum atomic E-state index is 12.3. The number of halogens is 2. The molecule has 1 amide bonds. The lowest BCUT2D eigenvalue weighted by molar-refractivity contribution is -0.118. The van der Waals surface area contributed by atoms with Gasteiger partial charge in [-0.2, -0.15) is 5.10 Å². The molecule has 0 atom stereocenters. The first-order valence-corrected chi connectivity index (χ1v) is 11.9. The number of hydrogen-bond acceptors (Lipinski definition) is 4. The highest BCUT2D eigenvalue weighted by atomic mass is 35.5. The molecule has 0 unspecified atom stereocenters. The number of hydrogen-bond donors (Lipinski definition) is 1. The molecule has 4 nitrogen and oxygen atoms in total. The van der Waals surface area contributed by atoms with Crippen molar-refractivity contribution in [3.8, 4) is 5.75 Å². The Kier molecular flexibility index (Phi) is 7.89. The number of ether oxygens (including phenoxy) is 1. The Morgan fingerprint density at radius 3 is 2.64 bits per heavy atom. The largest absolute Gasteiger partial charge is 0.488 e. The number of carbonyl (C=O) groups is 1. The number of para-hydroxylation sites is 1. The number of nitrogens with zero attached hydrogens (tertiary/aromatic N) is 1. The molecule has 0 heterocycles. The van der Waals surface area contributed by atoms with Crippen LogP contribution in [0.3, 0.4) is 0 Å². The zero-order valence-electron chi connectivity index (χ0n) is 17.5. The third-order valence-electron chi connectivity index (χ3n) is 4.82. The summed E-state index contributed by atoms with van der Waals surface area (Å²) < 4.78 is 5.91. The standard InChI is InChI=1S/C26H20Cl2N2O2S/c27-21-13-12-20(23(28)14-21)16-32-24-10-4-2-7-19(24)15-29-30-26(31)17-33-25-11-5-8-18-6-1-3-9-22(18)25/h1-15H,16-17H2,(H,30,31)/b29-15+. The molecule has 4 rings (SSSR count). The number of fused-ring (bicyclic) bond motifs is 1. The van der Waals surface area contributed by atoms with Crippen LogP contribution < -0.4 is 10.2 Å². The van der Waals surface area contributed by atoms with Crippen molar-refractivity contribution in [2.24, 2.45) is 5.10 Å². The number of nitrogens with one attached hydrogen (secondary N) is 1. The van der Waals surface area contributed by atoms with Crippen molar-refractivity contribution in [3.05, 3.63) is 106 Å². The second kappa shape index (κ2) is 11.2. The molecule has 0 spiro atoms. The Morgan fingerprint density at radius 1 is 0.970 bits per heavy atom. The van der Waals surface area contributed by atoms with Gasteiger partial charge in [-0.1, -0.05) is 77.8 Å². The Balaban J connectivity index is 1.34. The summed E-state index contributed by atoms with van der Waals surface area (Å²) in [5.41, 5.74) is 4.15. The second-order valence-electron chi connectivity index (χ2n) is 7.12. The van der Waals surface area contributed by atoms with Crippen molar-refractivity contribution < 1.29 is 9.53 Å². The van der Waals surface area contributed by atoms with Crippen LogP contribution in [0.15, 0.2) is 94.9 Å². The van der Waals surface area contributed by atoms with Gasteiger partial charge in [0.2, 0.25) is 5.91 Å². The van der Waals surface area contributed by atoms with Gasteiger partial charge in [0, 0.05) is 26.1 Å². The molecule has 0 saturated heterocycles. The van der Waals surface area contributed by atoms with Gasteiger partial charge in [-0.25, -0.2) is 5.43 Å². The minimum absolute atomic E-state index is 0.185. The van der Waals surface area contributed by atoms with Crippen LogP contribution in [0, 0.1) is 0 Å². The van der Waals surface area contributed by atoms with E-state index in [1.165, 1.54) is 11.8 Å². The van der Waals surface area contributed by atoms with Gasteiger partial charge in [0.05, 0.1) is 12.0 Å². The molecular formula is C26H20Cl2N2O2S. The number of benzene rings is 4. The molecule has 33 heavy (non-hydrogen) atoms. The Morgan fingerprint density at radius 2 is 1.76 bits per heavy atom. The van der Waals surface area contributed by atoms with Crippen LogP contribution in [0.4, 0.5) is 0 Å². The minimum atomic E-state index is -0.185. The molecule has 1 N–H and O–H groups in total. The highest BCUT2D eigenvalue weighted by molar-refractivity contribution is 8.00. The topological polar surface area (TPSA) is 50.7 Å². The van der Waals surface area contributed by atoms with Gasteiger partial charge >= 0.3 is 0 Å². The smallest absolute Gasteiger partial charge is 0.250 e. The van der Waals surface area contributed by atoms with Crippen LogP contribution in [0.2, 0.25) is 10.0 Å². The van der Waals surface area contributed by atoms with Crippen molar-refractivity contribution >= 4 is 57.9 Å². The molecule has 0 saturated carbocycles. The van der Waals surface area contributed by atoms with E-state index in [1.54, 1.807) is 18.3 Å². The molecule has 0 aliphatic heterocycles. The molecule has 7 heteroatoms. The van der Waals surface area contributed by atoms with Crippen molar-refractivity contribution in [3.63, 3.8) is 0 Å². The summed E-state index contributed by atoms with van der Waals surface area (Å²) in [6.45, 7) is 0.287. The second-order valence-corrected chi connectivity index (χ2v) is 8.98. The predicted molar refractivity (Wildman–Crippen MR) is 138 cm³/mol. The molecule has 4 aromatic carbocycles. The number of thioether (sulfide) groups is 1. The van der Waals surface area contributed by atoms with E-state index >= 15 is 0 Å². The summed E-state index contributed by atoms with van der Waals surface area (Å²) in [4.78, 5) is 13.4. The van der Waals surface area contributed by atoms with Crippen molar-refractivity contribution in [2.75, 3.05) is 5.75 Å². The van der Waals surface area contributed by atoms with E-state index in [0.717, 1.165) is 26.8 Å². The van der Waals surface area contributed by atoms with Gasteiger partial charge in [0.15, 0.2) is 0 Å². The third kappa shape index (κ3) is 6.29. The fraction of sp³-hybridized carbons (Fsp3) is 0.0769. The predicted octanol–water partition coefficient (Wildman–Crippen LogP) is 6.97. The first kappa shape index (κ1) is 23.2. The van der Waals surface area contributed by atoms with Crippen LogP contribution in [-0.4, -0.2) is 17.9 Å². The SMILES string of the molecule is O=C(CSc1cccc2ccccc12)N/N=C/c1ccccc1OCc1ccc(Cl)cc1Cl. The van der Waals surface area contributed by atoms with Gasteiger partial charge in [-0.05, 0) is 41.1 Å². The van der Waals surface area contributed by atoms with Crippen LogP contribution in [-0.2, 0) is 11.4 Å². The van der Waals surface area contributed by atoms with E-state index in [-0.39, 0.29) is 18.3 Å². The molecular weight excluding hydrogens is 475 g/mol. The van der Waals surface area contributed by atoms with E-state index in [9.17, 15) is 4.79 Å². The first-order valence-electron chi connectivity index (χ1n) is 10.2. The first-order chi connectivity index (χ1) is 16.1. The van der Waals surface area contributed by atoms with Crippen LogP contribution in [0.25, 0.3) is 10.8 Å². The monoisotopic (exact) mass is 494 g/mol. The van der Waals surface area contributed by atoms with Gasteiger partial charge in [-0.3, -0.25) is 4.79 Å². The summed E-state index contributed by atoms with van der Waals surface area (Å²) >= 11 is 13.6. The van der Waals surface area contributed by atoms with Crippen molar-refractivity contribution in [1.82, 2.24) is 5.43 Å². The molecule has 0 bridgehead atoms. The van der Waals surface area contributed by atoms with E-state index < -0.39 is 0 Å². The maximum absolute atomic E-state index is 12.3. The number of amides is 1. The fourth-order valence-corrected chi connectivity index (χ4v) is 4.51. The van der Waals surface area contributed by atoms with Gasteiger partial charge in [-0.15, -0.1) is 11.8 Å². The quantitative estimate of drug-likeness (QED) is 0.163. The summed E-state index contributed by atoms with van der Waals surface area (Å²) in [6.07, 6.45) is 1.57. The average Bonchev–Trinajstić information content (AvgIpc) is 2.83. The molecule has 0 aliphatic rings. The highest BCUT2D eigenvalue weighted by Gasteiger charge is 2.07. The average molecular weight is 495 g/mol. The van der Waals surface area contributed by atoms with Gasteiger partial charge < -0.3 is 4.74 Å². The lowest BCUT2D eigenvalue weighted by atomic mass is 10.1. The van der Waals surface area contributed by atoms with E-state index in [0.29, 0.717) is 15.8 Å². The number of rotatable bonds is 8. The summed E-state index contributed by atoms with van der Waals surface area (Å²) in [5.74, 6) is 0.709. The lowest BCUT2D eigenvalue weighted by Gasteiger charge is -2.10. The molecule has 0 aromatic heterocycles. The van der Waals surface area contributed by atoms with Crippen molar-refractivity contribution in [2.45, 2.75) is 11.5 Å². The fourth-order valence-electron chi connectivity index (χ4n) is 3.18. The van der Waals surface area contributed by atoms with Crippen LogP contribution in [0.5, 0.6) is 5.75 Å². The van der Waals surface area contributed by atoms with E-state index in [1.807, 2.05) is 54.6 Å². The summed E-state index contributed by atoms with van der Waals surface area (Å²) in [7, 11) is 0. The maximum Gasteiger partial charge on any atom is 0.250 e. The Labute approximate surface area is 206 Å². The molecule has 166 valence electrons. The molecule has 0 radical (unpaired) electrons. The molecule has 4 aromatic rings. The number of hydrazone groups is 1.